The van der Waals surface area contributed by atoms with Crippen molar-refractivity contribution in [2.45, 2.75) is 26.6 Å². The summed E-state index contributed by atoms with van der Waals surface area (Å²) in [6.07, 6.45) is -1.64. The van der Waals surface area contributed by atoms with Crippen LogP contribution in [0.5, 0.6) is 0 Å². The van der Waals surface area contributed by atoms with Crippen LogP contribution in [0.2, 0.25) is 0 Å². The standard InChI is InChI=1S/C25H28F3N7O2S/c1-14-5-6-19(10-21(14)35(30)13-20(29)22-11-31-24(38-22)32-15(2)36)33-23(37)17-7-16(12-34(3)4)8-18(9-17)25(26,27)28/h5-11,13H,12,29-30H2,1-4H3,(H,33,37)(H,31,32,36)/b20-13-. The van der Waals surface area contributed by atoms with E-state index in [1.807, 2.05) is 0 Å². The number of benzene rings is 2. The van der Waals surface area contributed by atoms with Crippen molar-refractivity contribution in [2.24, 2.45) is 11.6 Å². The van der Waals surface area contributed by atoms with E-state index in [2.05, 4.69) is 15.6 Å². The Labute approximate surface area is 221 Å². The maximum atomic E-state index is 13.4. The Kier molecular flexibility index (Phi) is 8.76. The number of hydrogen-bond donors (Lipinski definition) is 4. The number of anilines is 3. The molecule has 0 unspecified atom stereocenters. The van der Waals surface area contributed by atoms with Gasteiger partial charge >= 0.3 is 6.18 Å². The monoisotopic (exact) mass is 547 g/mol. The van der Waals surface area contributed by atoms with Gasteiger partial charge in [-0.05, 0) is 62.5 Å². The summed E-state index contributed by atoms with van der Waals surface area (Å²) in [5.74, 6) is 5.26. The van der Waals surface area contributed by atoms with Crippen LogP contribution < -0.4 is 27.2 Å². The second-order valence-corrected chi connectivity index (χ2v) is 9.84. The number of aryl methyl sites for hydroxylation is 1. The lowest BCUT2D eigenvalue weighted by atomic mass is 10.0. The Morgan fingerprint density at radius 1 is 1.13 bits per heavy atom. The molecule has 2 aromatic carbocycles. The van der Waals surface area contributed by atoms with E-state index >= 15 is 0 Å². The topological polar surface area (TPSA) is 130 Å². The lowest BCUT2D eigenvalue weighted by Gasteiger charge is -2.19. The number of halogens is 3. The number of thiazole rings is 1. The molecular formula is C25H28F3N7O2S. The first-order valence-electron chi connectivity index (χ1n) is 11.3. The van der Waals surface area contributed by atoms with E-state index in [1.54, 1.807) is 44.1 Å². The molecule has 1 aromatic heterocycles. The smallest absolute Gasteiger partial charge is 0.396 e. The number of hydrogen-bond acceptors (Lipinski definition) is 8. The van der Waals surface area contributed by atoms with Gasteiger partial charge in [-0.2, -0.15) is 13.2 Å². The normalized spacial score (nSPS) is 12.0. The zero-order valence-electron chi connectivity index (χ0n) is 21.2. The fourth-order valence-electron chi connectivity index (χ4n) is 3.51. The molecule has 13 heteroatoms. The molecule has 0 aliphatic heterocycles. The molecule has 0 spiro atoms. The summed E-state index contributed by atoms with van der Waals surface area (Å²) >= 11 is 1.17. The fraction of sp³-hybridized carbons (Fsp3) is 0.240. The van der Waals surface area contributed by atoms with Crippen molar-refractivity contribution in [3.63, 3.8) is 0 Å². The predicted octanol–water partition coefficient (Wildman–Crippen LogP) is 4.38. The molecular weight excluding hydrogens is 519 g/mol. The Hall–Kier alpha value is -3.94. The van der Waals surface area contributed by atoms with Gasteiger partial charge in [-0.15, -0.1) is 0 Å². The SMILES string of the molecule is CC(=O)Nc1ncc(/C(N)=C/N(N)c2cc(NC(=O)c3cc(CN(C)C)cc(C(F)(F)F)c3)ccc2C)s1. The highest BCUT2D eigenvalue weighted by molar-refractivity contribution is 7.16. The molecule has 38 heavy (non-hydrogen) atoms. The zero-order valence-corrected chi connectivity index (χ0v) is 22.0. The van der Waals surface area contributed by atoms with Crippen LogP contribution in [0.15, 0.2) is 48.8 Å². The summed E-state index contributed by atoms with van der Waals surface area (Å²) in [5.41, 5.74) is 7.36. The molecule has 0 aliphatic carbocycles. The molecule has 1 heterocycles. The highest BCUT2D eigenvalue weighted by Crippen LogP contribution is 2.32. The van der Waals surface area contributed by atoms with Crippen LogP contribution in [0.25, 0.3) is 5.70 Å². The van der Waals surface area contributed by atoms with Gasteiger partial charge in [0.25, 0.3) is 5.91 Å². The van der Waals surface area contributed by atoms with Crippen molar-refractivity contribution in [1.82, 2.24) is 9.88 Å². The van der Waals surface area contributed by atoms with E-state index in [0.717, 1.165) is 17.7 Å². The lowest BCUT2D eigenvalue weighted by Crippen LogP contribution is -2.26. The van der Waals surface area contributed by atoms with Gasteiger partial charge in [0.2, 0.25) is 5.91 Å². The van der Waals surface area contributed by atoms with Crippen molar-refractivity contribution in [2.75, 3.05) is 29.7 Å². The second-order valence-electron chi connectivity index (χ2n) is 8.81. The van der Waals surface area contributed by atoms with Crippen molar-refractivity contribution in [3.05, 3.63) is 75.9 Å². The van der Waals surface area contributed by atoms with Gasteiger partial charge in [-0.25, -0.2) is 10.8 Å². The molecule has 0 bridgehead atoms. The third-order valence-corrected chi connectivity index (χ3v) is 6.14. The fourth-order valence-corrected chi connectivity index (χ4v) is 4.30. The Bertz CT molecular complexity index is 1370. The molecule has 0 fully saturated rings. The Morgan fingerprint density at radius 3 is 2.47 bits per heavy atom. The van der Waals surface area contributed by atoms with E-state index in [-0.39, 0.29) is 23.7 Å². The maximum Gasteiger partial charge on any atom is 0.416 e. The third kappa shape index (κ3) is 7.54. The Morgan fingerprint density at radius 2 is 1.84 bits per heavy atom. The Balaban J connectivity index is 1.84. The molecule has 0 radical (unpaired) electrons. The average molecular weight is 548 g/mol. The molecule has 0 atom stereocenters. The minimum Gasteiger partial charge on any atom is -0.396 e. The second kappa shape index (κ2) is 11.6. The summed E-state index contributed by atoms with van der Waals surface area (Å²) in [6.45, 7) is 3.40. The number of aromatic nitrogens is 1. The van der Waals surface area contributed by atoms with Crippen molar-refractivity contribution >= 4 is 45.4 Å². The lowest BCUT2D eigenvalue weighted by molar-refractivity contribution is -0.137. The van der Waals surface area contributed by atoms with Crippen LogP contribution >= 0.6 is 11.3 Å². The highest BCUT2D eigenvalue weighted by atomic mass is 32.1. The molecule has 9 nitrogen and oxygen atoms in total. The van der Waals surface area contributed by atoms with E-state index < -0.39 is 17.6 Å². The average Bonchev–Trinajstić information content (AvgIpc) is 3.27. The van der Waals surface area contributed by atoms with Gasteiger partial charge in [0.15, 0.2) is 5.13 Å². The van der Waals surface area contributed by atoms with E-state index in [4.69, 9.17) is 11.6 Å². The summed E-state index contributed by atoms with van der Waals surface area (Å²) in [5, 5.41) is 6.86. The third-order valence-electron chi connectivity index (χ3n) is 5.18. The minimum atomic E-state index is -4.60. The van der Waals surface area contributed by atoms with Gasteiger partial charge in [0.1, 0.15) is 0 Å². The van der Waals surface area contributed by atoms with Gasteiger partial charge in [-0.3, -0.25) is 14.6 Å². The van der Waals surface area contributed by atoms with E-state index in [9.17, 15) is 22.8 Å². The maximum absolute atomic E-state index is 13.4. The van der Waals surface area contributed by atoms with Crippen molar-refractivity contribution in [1.29, 1.82) is 0 Å². The number of carbonyl (C=O) groups excluding carboxylic acids is 2. The van der Waals surface area contributed by atoms with Gasteiger partial charge in [-0.1, -0.05) is 17.4 Å². The molecule has 3 rings (SSSR count). The summed E-state index contributed by atoms with van der Waals surface area (Å²) < 4.78 is 40.3. The molecule has 202 valence electrons. The number of rotatable bonds is 8. The molecule has 0 saturated heterocycles. The first-order valence-corrected chi connectivity index (χ1v) is 12.1. The number of nitrogens with one attached hydrogen (secondary N) is 2. The highest BCUT2D eigenvalue weighted by Gasteiger charge is 2.32. The molecule has 6 N–H and O–H groups in total. The van der Waals surface area contributed by atoms with E-state index in [1.165, 1.54) is 41.7 Å². The van der Waals surface area contributed by atoms with Gasteiger partial charge in [0.05, 0.1) is 21.8 Å². The first-order chi connectivity index (χ1) is 17.7. The quantitative estimate of drug-likeness (QED) is 0.243. The van der Waals surface area contributed by atoms with Crippen molar-refractivity contribution < 1.29 is 22.8 Å². The number of hydrazine groups is 1. The molecule has 2 amide bonds. The van der Waals surface area contributed by atoms with Crippen LogP contribution in [0.1, 0.15) is 38.8 Å². The summed E-state index contributed by atoms with van der Waals surface area (Å²) in [4.78, 5) is 30.5. The first kappa shape index (κ1) is 28.6. The van der Waals surface area contributed by atoms with Crippen molar-refractivity contribution in [3.8, 4) is 0 Å². The molecule has 3 aromatic rings. The number of alkyl halides is 3. The number of carbonyl (C=O) groups is 2. The predicted molar refractivity (Wildman–Crippen MR) is 143 cm³/mol. The van der Waals surface area contributed by atoms with Gasteiger partial charge < -0.3 is 21.3 Å². The number of amides is 2. The minimum absolute atomic E-state index is 0.118. The number of nitrogens with zero attached hydrogens (tertiary/aromatic N) is 3. The molecule has 0 saturated carbocycles. The number of nitrogens with two attached hydrogens (primary N) is 2. The summed E-state index contributed by atoms with van der Waals surface area (Å²) in [6, 6.07) is 8.21. The van der Waals surface area contributed by atoms with Crippen LogP contribution in [-0.4, -0.2) is 35.8 Å². The van der Waals surface area contributed by atoms with E-state index in [0.29, 0.717) is 26.9 Å². The van der Waals surface area contributed by atoms with Gasteiger partial charge in [0, 0.05) is 37.1 Å². The zero-order chi connectivity index (χ0) is 28.2. The van der Waals surface area contributed by atoms with Crippen LogP contribution in [0, 0.1) is 6.92 Å². The van der Waals surface area contributed by atoms with Crippen LogP contribution in [0.3, 0.4) is 0 Å². The molecule has 0 aliphatic rings. The van der Waals surface area contributed by atoms with Crippen LogP contribution in [0.4, 0.5) is 29.7 Å². The largest absolute Gasteiger partial charge is 0.416 e. The summed E-state index contributed by atoms with van der Waals surface area (Å²) in [7, 11) is 3.45. The van der Waals surface area contributed by atoms with Crippen LogP contribution in [-0.2, 0) is 17.5 Å².